The second-order valence-electron chi connectivity index (χ2n) is 5.89. The van der Waals surface area contributed by atoms with Gasteiger partial charge in [0, 0.05) is 18.1 Å². The van der Waals surface area contributed by atoms with Gasteiger partial charge in [-0.15, -0.1) is 11.3 Å². The molecule has 0 radical (unpaired) electrons. The Morgan fingerprint density at radius 3 is 2.48 bits per heavy atom. The molecule has 3 aromatic rings. The van der Waals surface area contributed by atoms with Crippen LogP contribution in [0.4, 0.5) is 18.9 Å². The summed E-state index contributed by atoms with van der Waals surface area (Å²) in [6, 6.07) is 0.866. The van der Waals surface area contributed by atoms with Crippen LogP contribution in [0, 0.1) is 13.8 Å². The second-order valence-corrected chi connectivity index (χ2v) is 6.89. The lowest BCUT2D eigenvalue weighted by atomic mass is 10.1. The van der Waals surface area contributed by atoms with Crippen LogP contribution < -0.4 is 11.1 Å². The van der Waals surface area contributed by atoms with Crippen molar-refractivity contribution in [3.05, 3.63) is 39.7 Å². The van der Waals surface area contributed by atoms with Gasteiger partial charge in [-0.1, -0.05) is 0 Å². The van der Waals surface area contributed by atoms with Gasteiger partial charge in [0.2, 0.25) is 0 Å². The minimum absolute atomic E-state index is 0.0330. The van der Waals surface area contributed by atoms with E-state index in [0.29, 0.717) is 17.0 Å². The minimum Gasteiger partial charge on any atom is -0.365 e. The lowest BCUT2D eigenvalue weighted by molar-refractivity contribution is -0.141. The van der Waals surface area contributed by atoms with E-state index >= 15 is 0 Å². The summed E-state index contributed by atoms with van der Waals surface area (Å²) in [5, 5.41) is 6.80. The molecule has 0 atom stereocenters. The summed E-state index contributed by atoms with van der Waals surface area (Å²) in [7, 11) is 1.66. The Morgan fingerprint density at radius 1 is 1.30 bits per heavy atom. The number of hydrogen-bond acceptors (Lipinski definition) is 5. The van der Waals surface area contributed by atoms with E-state index in [1.54, 1.807) is 14.0 Å². The maximum atomic E-state index is 13.0. The molecule has 3 heterocycles. The van der Waals surface area contributed by atoms with E-state index in [1.807, 2.05) is 0 Å². The average molecular weight is 397 g/mol. The standard InChI is InChI=1S/C16H14F3N5O2S/c1-6-4-9(16(17,18)19)22-15-10(6)11(12(27-15)13(20)25)23-14(26)8-5-21-24(3)7(8)2/h4-5H,1-3H3,(H2,20,25)(H,23,26). The number of rotatable bonds is 3. The summed E-state index contributed by atoms with van der Waals surface area (Å²) in [5.41, 5.74) is 5.40. The third kappa shape index (κ3) is 3.25. The van der Waals surface area contributed by atoms with Gasteiger partial charge in [-0.25, -0.2) is 4.98 Å². The number of anilines is 1. The summed E-state index contributed by atoms with van der Waals surface area (Å²) >= 11 is 0.702. The molecule has 0 aromatic carbocycles. The zero-order valence-electron chi connectivity index (χ0n) is 14.4. The largest absolute Gasteiger partial charge is 0.433 e. The van der Waals surface area contributed by atoms with Crippen LogP contribution in [-0.2, 0) is 13.2 Å². The van der Waals surface area contributed by atoms with Crippen LogP contribution in [0.25, 0.3) is 10.2 Å². The molecule has 0 bridgehead atoms. The van der Waals surface area contributed by atoms with E-state index in [4.69, 9.17) is 5.73 Å². The molecular weight excluding hydrogens is 383 g/mol. The fraction of sp³-hybridized carbons (Fsp3) is 0.250. The Kier molecular flexibility index (Phi) is 4.42. The molecule has 2 amide bonds. The number of pyridine rings is 1. The fourth-order valence-electron chi connectivity index (χ4n) is 2.62. The lowest BCUT2D eigenvalue weighted by Crippen LogP contribution is -2.17. The molecule has 0 unspecified atom stereocenters. The maximum absolute atomic E-state index is 13.0. The highest BCUT2D eigenvalue weighted by atomic mass is 32.1. The number of primary amides is 1. The topological polar surface area (TPSA) is 103 Å². The molecule has 11 heteroatoms. The van der Waals surface area contributed by atoms with Gasteiger partial charge in [0.25, 0.3) is 11.8 Å². The molecule has 3 rings (SSSR count). The molecular formula is C16H14F3N5O2S. The van der Waals surface area contributed by atoms with E-state index in [-0.39, 0.29) is 31.9 Å². The molecule has 0 aliphatic carbocycles. The number of nitrogens with zero attached hydrogens (tertiary/aromatic N) is 3. The minimum atomic E-state index is -4.63. The van der Waals surface area contributed by atoms with Crippen LogP contribution >= 0.6 is 11.3 Å². The molecule has 0 saturated heterocycles. The number of nitrogens with one attached hydrogen (secondary N) is 1. The van der Waals surface area contributed by atoms with Crippen LogP contribution in [0.15, 0.2) is 12.3 Å². The van der Waals surface area contributed by atoms with Gasteiger partial charge in [0.05, 0.1) is 17.4 Å². The summed E-state index contributed by atoms with van der Waals surface area (Å²) in [6.45, 7) is 3.13. The Balaban J connectivity index is 2.16. The van der Waals surface area contributed by atoms with Crippen molar-refractivity contribution in [3.63, 3.8) is 0 Å². The van der Waals surface area contributed by atoms with Gasteiger partial charge in [0.15, 0.2) is 0 Å². The number of halogens is 3. The molecule has 142 valence electrons. The Morgan fingerprint density at radius 2 is 1.96 bits per heavy atom. The predicted molar refractivity (Wildman–Crippen MR) is 93.8 cm³/mol. The van der Waals surface area contributed by atoms with Gasteiger partial charge in [-0.05, 0) is 25.5 Å². The molecule has 0 aliphatic rings. The van der Waals surface area contributed by atoms with Crippen LogP contribution in [0.1, 0.15) is 37.0 Å². The van der Waals surface area contributed by atoms with Gasteiger partial charge >= 0.3 is 6.18 Å². The first-order valence-electron chi connectivity index (χ1n) is 7.61. The third-order valence-corrected chi connectivity index (χ3v) is 5.19. The predicted octanol–water partition coefficient (Wildman–Crippen LogP) is 3.02. The SMILES string of the molecule is Cc1cc(C(F)(F)F)nc2sc(C(N)=O)c(NC(=O)c3cnn(C)c3C)c12. The zero-order chi connectivity index (χ0) is 20.1. The van der Waals surface area contributed by atoms with Gasteiger partial charge < -0.3 is 11.1 Å². The van der Waals surface area contributed by atoms with Crippen molar-refractivity contribution < 1.29 is 22.8 Å². The van der Waals surface area contributed by atoms with Gasteiger partial charge in [-0.2, -0.15) is 18.3 Å². The molecule has 3 N–H and O–H groups in total. The quantitative estimate of drug-likeness (QED) is 0.709. The lowest BCUT2D eigenvalue weighted by Gasteiger charge is -2.09. The molecule has 0 fully saturated rings. The van der Waals surface area contributed by atoms with Crippen LogP contribution in [0.2, 0.25) is 0 Å². The first kappa shape index (κ1) is 18.8. The number of carbonyl (C=O) groups is 2. The molecule has 0 aliphatic heterocycles. The first-order valence-corrected chi connectivity index (χ1v) is 8.43. The van der Waals surface area contributed by atoms with Gasteiger partial charge in [0.1, 0.15) is 15.4 Å². The highest BCUT2D eigenvalue weighted by molar-refractivity contribution is 7.21. The number of nitrogens with two attached hydrogens (primary N) is 1. The number of carbonyl (C=O) groups excluding carboxylic acids is 2. The zero-order valence-corrected chi connectivity index (χ0v) is 15.2. The van der Waals surface area contributed by atoms with Crippen LogP contribution in [0.3, 0.4) is 0 Å². The van der Waals surface area contributed by atoms with Crippen molar-refractivity contribution >= 4 is 39.1 Å². The van der Waals surface area contributed by atoms with Crippen LogP contribution in [-0.4, -0.2) is 26.6 Å². The number of thiophene rings is 1. The number of aryl methyl sites for hydroxylation is 2. The molecule has 7 nitrogen and oxygen atoms in total. The van der Waals surface area contributed by atoms with E-state index in [9.17, 15) is 22.8 Å². The Bertz CT molecular complexity index is 1080. The smallest absolute Gasteiger partial charge is 0.365 e. The molecule has 0 saturated carbocycles. The van der Waals surface area contributed by atoms with Crippen molar-refractivity contribution in [2.75, 3.05) is 5.32 Å². The average Bonchev–Trinajstić information content (AvgIpc) is 3.08. The second kappa shape index (κ2) is 6.34. The third-order valence-electron chi connectivity index (χ3n) is 4.09. The van der Waals surface area contributed by atoms with Crippen molar-refractivity contribution in [3.8, 4) is 0 Å². The number of fused-ring (bicyclic) bond motifs is 1. The fourth-order valence-corrected chi connectivity index (χ4v) is 3.68. The van der Waals surface area contributed by atoms with Crippen LogP contribution in [0.5, 0.6) is 0 Å². The number of amides is 2. The summed E-state index contributed by atoms with van der Waals surface area (Å²) < 4.78 is 40.5. The first-order chi connectivity index (χ1) is 12.5. The summed E-state index contributed by atoms with van der Waals surface area (Å²) in [6.07, 6.45) is -3.28. The van der Waals surface area contributed by atoms with E-state index in [0.717, 1.165) is 6.07 Å². The van der Waals surface area contributed by atoms with E-state index in [2.05, 4.69) is 15.4 Å². The normalized spacial score (nSPS) is 11.8. The Labute approximate surface area is 155 Å². The van der Waals surface area contributed by atoms with E-state index < -0.39 is 23.7 Å². The molecule has 0 spiro atoms. The van der Waals surface area contributed by atoms with Crippen molar-refractivity contribution in [1.82, 2.24) is 14.8 Å². The highest BCUT2D eigenvalue weighted by Gasteiger charge is 2.34. The number of aromatic nitrogens is 3. The van der Waals surface area contributed by atoms with Crippen molar-refractivity contribution in [1.29, 1.82) is 0 Å². The maximum Gasteiger partial charge on any atom is 0.433 e. The molecule has 3 aromatic heterocycles. The summed E-state index contributed by atoms with van der Waals surface area (Å²) in [4.78, 5) is 27.9. The number of hydrogen-bond donors (Lipinski definition) is 2. The summed E-state index contributed by atoms with van der Waals surface area (Å²) in [5.74, 6) is -1.42. The molecule has 27 heavy (non-hydrogen) atoms. The van der Waals surface area contributed by atoms with Crippen molar-refractivity contribution in [2.45, 2.75) is 20.0 Å². The Hall–Kier alpha value is -2.95. The monoisotopic (exact) mass is 397 g/mol. The van der Waals surface area contributed by atoms with E-state index in [1.165, 1.54) is 17.8 Å². The van der Waals surface area contributed by atoms with Gasteiger partial charge in [-0.3, -0.25) is 14.3 Å². The van der Waals surface area contributed by atoms with Crippen molar-refractivity contribution in [2.24, 2.45) is 12.8 Å². The highest BCUT2D eigenvalue weighted by Crippen LogP contribution is 2.39. The number of alkyl halides is 3.